The lowest BCUT2D eigenvalue weighted by Crippen LogP contribution is -2.40. The van der Waals surface area contributed by atoms with Gasteiger partial charge in [-0.25, -0.2) is 13.2 Å². The first-order valence-electron chi connectivity index (χ1n) is 10.8. The van der Waals surface area contributed by atoms with Crippen molar-refractivity contribution in [2.45, 2.75) is 30.7 Å². The number of nitrogens with zero attached hydrogens (tertiary/aromatic N) is 3. The normalized spacial score (nSPS) is 17.3. The van der Waals surface area contributed by atoms with Gasteiger partial charge in [-0.2, -0.15) is 9.30 Å². The predicted octanol–water partition coefficient (Wildman–Crippen LogP) is 2.71. The lowest BCUT2D eigenvalue weighted by Gasteiger charge is -2.21. The van der Waals surface area contributed by atoms with Gasteiger partial charge in [0.05, 0.1) is 34.4 Å². The number of carbonyl (C=O) groups is 2. The number of fused-ring (bicyclic) bond motifs is 1. The molecule has 34 heavy (non-hydrogen) atoms. The van der Waals surface area contributed by atoms with E-state index in [0.29, 0.717) is 29.0 Å². The Bertz CT molecular complexity index is 1410. The van der Waals surface area contributed by atoms with Crippen LogP contribution in [0.3, 0.4) is 0 Å². The molecule has 1 unspecified atom stereocenters. The van der Waals surface area contributed by atoms with Crippen LogP contribution in [-0.2, 0) is 26.6 Å². The van der Waals surface area contributed by atoms with Crippen molar-refractivity contribution in [2.24, 2.45) is 12.0 Å². The highest BCUT2D eigenvalue weighted by molar-refractivity contribution is 7.89. The van der Waals surface area contributed by atoms with Crippen LogP contribution < -0.4 is 9.54 Å². The number of ether oxygens (including phenoxy) is 2. The molecule has 1 fully saturated rings. The number of methoxy groups -OCH3 is 1. The standard InChI is InChI=1S/C23H25N3O6S2/c1-4-32-22(28)15-7-12-18-20(14-15)33-23(25(18)2)24-21(27)19-6-5-13-26(19)34(29,30)17-10-8-16(31-3)9-11-17/h7-12,14,19H,4-6,13H2,1-3H3. The van der Waals surface area contributed by atoms with E-state index >= 15 is 0 Å². The molecule has 180 valence electrons. The quantitative estimate of drug-likeness (QED) is 0.479. The van der Waals surface area contributed by atoms with Gasteiger partial charge in [0, 0.05) is 13.6 Å². The van der Waals surface area contributed by atoms with Gasteiger partial charge in [0.25, 0.3) is 5.91 Å². The first-order chi connectivity index (χ1) is 16.3. The number of esters is 1. The van der Waals surface area contributed by atoms with Crippen LogP contribution >= 0.6 is 11.3 Å². The summed E-state index contributed by atoms with van der Waals surface area (Å²) < 4.78 is 40.3. The molecule has 0 aliphatic carbocycles. The van der Waals surface area contributed by atoms with E-state index in [-0.39, 0.29) is 18.0 Å². The summed E-state index contributed by atoms with van der Waals surface area (Å²) in [4.78, 5) is 30.0. The zero-order chi connectivity index (χ0) is 24.5. The molecule has 2 aromatic carbocycles. The van der Waals surface area contributed by atoms with E-state index in [2.05, 4.69) is 4.99 Å². The zero-order valence-corrected chi connectivity index (χ0v) is 20.7. The van der Waals surface area contributed by atoms with Crippen molar-refractivity contribution in [2.75, 3.05) is 20.3 Å². The topological polar surface area (TPSA) is 107 Å². The van der Waals surface area contributed by atoms with Gasteiger partial charge in [0.1, 0.15) is 11.8 Å². The van der Waals surface area contributed by atoms with Crippen molar-refractivity contribution < 1.29 is 27.5 Å². The average molecular weight is 504 g/mol. The number of aromatic nitrogens is 1. The van der Waals surface area contributed by atoms with E-state index in [1.54, 1.807) is 48.9 Å². The summed E-state index contributed by atoms with van der Waals surface area (Å²) in [6.45, 7) is 2.27. The van der Waals surface area contributed by atoms with Crippen LogP contribution in [0.2, 0.25) is 0 Å². The molecule has 0 radical (unpaired) electrons. The van der Waals surface area contributed by atoms with Gasteiger partial charge in [-0.3, -0.25) is 4.79 Å². The molecule has 0 spiro atoms. The first-order valence-corrected chi connectivity index (χ1v) is 13.0. The molecule has 9 nitrogen and oxygen atoms in total. The van der Waals surface area contributed by atoms with Crippen LogP contribution in [0.25, 0.3) is 10.2 Å². The molecule has 1 aromatic heterocycles. The Morgan fingerprint density at radius 3 is 2.59 bits per heavy atom. The summed E-state index contributed by atoms with van der Waals surface area (Å²) in [5.41, 5.74) is 1.22. The van der Waals surface area contributed by atoms with E-state index in [1.165, 1.54) is 34.9 Å². The molecule has 1 saturated heterocycles. The molecule has 4 rings (SSSR count). The highest BCUT2D eigenvalue weighted by Gasteiger charge is 2.39. The van der Waals surface area contributed by atoms with E-state index in [1.807, 2.05) is 0 Å². The molecule has 0 saturated carbocycles. The van der Waals surface area contributed by atoms with Crippen molar-refractivity contribution in [1.29, 1.82) is 0 Å². The number of hydrogen-bond donors (Lipinski definition) is 0. The summed E-state index contributed by atoms with van der Waals surface area (Å²) in [7, 11) is -0.584. The lowest BCUT2D eigenvalue weighted by molar-refractivity contribution is -0.121. The molecular formula is C23H25N3O6S2. The fourth-order valence-corrected chi connectivity index (χ4v) is 6.62. The van der Waals surface area contributed by atoms with Crippen molar-refractivity contribution in [3.8, 4) is 5.75 Å². The van der Waals surface area contributed by atoms with Gasteiger partial charge < -0.3 is 14.0 Å². The fourth-order valence-electron chi connectivity index (χ4n) is 3.91. The van der Waals surface area contributed by atoms with Crippen molar-refractivity contribution >= 4 is 43.5 Å². The Labute approximate surface area is 201 Å². The monoisotopic (exact) mass is 503 g/mol. The zero-order valence-electron chi connectivity index (χ0n) is 19.1. The maximum atomic E-state index is 13.2. The third-order valence-corrected chi connectivity index (χ3v) is 8.70. The summed E-state index contributed by atoms with van der Waals surface area (Å²) >= 11 is 1.26. The third-order valence-electron chi connectivity index (χ3n) is 5.68. The number of sulfonamides is 1. The molecule has 1 atom stereocenters. The van der Waals surface area contributed by atoms with Crippen molar-refractivity contribution in [1.82, 2.24) is 8.87 Å². The van der Waals surface area contributed by atoms with Gasteiger partial charge in [-0.05, 0) is 62.2 Å². The Hall–Kier alpha value is -3.02. The molecule has 11 heteroatoms. The predicted molar refractivity (Wildman–Crippen MR) is 127 cm³/mol. The van der Waals surface area contributed by atoms with Crippen LogP contribution in [0.5, 0.6) is 5.75 Å². The number of amides is 1. The number of benzene rings is 2. The average Bonchev–Trinajstić information content (AvgIpc) is 3.45. The maximum absolute atomic E-state index is 13.2. The van der Waals surface area contributed by atoms with E-state index in [0.717, 1.165) is 10.2 Å². The summed E-state index contributed by atoms with van der Waals surface area (Å²) in [5, 5.41) is 0. The summed E-state index contributed by atoms with van der Waals surface area (Å²) in [6.07, 6.45) is 0.974. The Morgan fingerprint density at radius 1 is 1.18 bits per heavy atom. The molecule has 1 aliphatic heterocycles. The van der Waals surface area contributed by atoms with Gasteiger partial charge >= 0.3 is 5.97 Å². The first kappa shape index (κ1) is 24.1. The van der Waals surface area contributed by atoms with Crippen molar-refractivity contribution in [3.63, 3.8) is 0 Å². The SMILES string of the molecule is CCOC(=O)c1ccc2c(c1)sc(=NC(=O)C1CCCN1S(=O)(=O)c1ccc(OC)cc1)n2C. The van der Waals surface area contributed by atoms with Gasteiger partial charge in [0.15, 0.2) is 4.80 Å². The smallest absolute Gasteiger partial charge is 0.338 e. The highest BCUT2D eigenvalue weighted by atomic mass is 32.2. The van der Waals surface area contributed by atoms with E-state index in [9.17, 15) is 18.0 Å². The van der Waals surface area contributed by atoms with Gasteiger partial charge in [-0.15, -0.1) is 0 Å². The number of hydrogen-bond acceptors (Lipinski definition) is 7. The number of aryl methyl sites for hydroxylation is 1. The summed E-state index contributed by atoms with van der Waals surface area (Å²) in [5.74, 6) is -0.380. The Morgan fingerprint density at radius 2 is 1.91 bits per heavy atom. The second-order valence-corrected chi connectivity index (χ2v) is 10.6. The minimum Gasteiger partial charge on any atom is -0.497 e. The highest BCUT2D eigenvalue weighted by Crippen LogP contribution is 2.28. The van der Waals surface area contributed by atoms with Crippen molar-refractivity contribution in [3.05, 3.63) is 52.8 Å². The molecule has 3 aromatic rings. The molecular weight excluding hydrogens is 478 g/mol. The number of thiazole rings is 1. The molecule has 0 bridgehead atoms. The second kappa shape index (κ2) is 9.69. The third kappa shape index (κ3) is 4.50. The Kier molecular flexibility index (Phi) is 6.87. The van der Waals surface area contributed by atoms with Gasteiger partial charge in [0.2, 0.25) is 10.0 Å². The van der Waals surface area contributed by atoms with E-state index in [4.69, 9.17) is 9.47 Å². The van der Waals surface area contributed by atoms with Gasteiger partial charge in [-0.1, -0.05) is 11.3 Å². The molecule has 0 N–H and O–H groups in total. The van der Waals surface area contributed by atoms with Crippen LogP contribution in [0.1, 0.15) is 30.1 Å². The van der Waals surface area contributed by atoms with Crippen LogP contribution in [0.4, 0.5) is 0 Å². The Balaban J connectivity index is 1.64. The summed E-state index contributed by atoms with van der Waals surface area (Å²) in [6, 6.07) is 10.4. The van der Waals surface area contributed by atoms with Crippen LogP contribution in [-0.4, -0.2) is 55.5 Å². The molecule has 1 amide bonds. The molecule has 2 heterocycles. The molecule has 1 aliphatic rings. The minimum absolute atomic E-state index is 0.104. The number of rotatable bonds is 6. The lowest BCUT2D eigenvalue weighted by atomic mass is 10.2. The van der Waals surface area contributed by atoms with Crippen LogP contribution in [0.15, 0.2) is 52.4 Å². The number of carbonyl (C=O) groups excluding carboxylic acids is 2. The largest absolute Gasteiger partial charge is 0.497 e. The van der Waals surface area contributed by atoms with Crippen LogP contribution in [0, 0.1) is 0 Å². The minimum atomic E-state index is -3.86. The van der Waals surface area contributed by atoms with E-state index < -0.39 is 27.9 Å². The second-order valence-electron chi connectivity index (χ2n) is 7.75. The fraction of sp³-hybridized carbons (Fsp3) is 0.348. The maximum Gasteiger partial charge on any atom is 0.338 e.